The summed E-state index contributed by atoms with van der Waals surface area (Å²) >= 11 is 1.71. The Morgan fingerprint density at radius 3 is 2.26 bits per heavy atom. The van der Waals surface area contributed by atoms with Gasteiger partial charge in [-0.25, -0.2) is 4.79 Å². The van der Waals surface area contributed by atoms with Gasteiger partial charge in [-0.05, 0) is 35.9 Å². The highest BCUT2D eigenvalue weighted by atomic mass is 32.2. The first kappa shape index (κ1) is 13.4. The molecule has 0 fully saturated rings. The van der Waals surface area contributed by atoms with Crippen LogP contribution in [0.25, 0.3) is 6.08 Å². The maximum atomic E-state index is 11.0. The molecule has 3 heteroatoms. The van der Waals surface area contributed by atoms with Gasteiger partial charge in [0.1, 0.15) is 0 Å². The predicted octanol–water partition coefficient (Wildman–Crippen LogP) is 4.02. The summed E-state index contributed by atoms with van der Waals surface area (Å²) in [6.07, 6.45) is 3.15. The highest BCUT2D eigenvalue weighted by Crippen LogP contribution is 2.27. The second kappa shape index (κ2) is 6.81. The number of methoxy groups -OCH3 is 1. The van der Waals surface area contributed by atoms with Gasteiger partial charge < -0.3 is 4.74 Å². The van der Waals surface area contributed by atoms with Crippen molar-refractivity contribution >= 4 is 23.8 Å². The zero-order valence-corrected chi connectivity index (χ0v) is 11.4. The van der Waals surface area contributed by atoms with Gasteiger partial charge in [0.2, 0.25) is 0 Å². The summed E-state index contributed by atoms with van der Waals surface area (Å²) in [7, 11) is 1.37. The van der Waals surface area contributed by atoms with Gasteiger partial charge in [-0.15, -0.1) is 0 Å². The zero-order valence-electron chi connectivity index (χ0n) is 10.6. The van der Waals surface area contributed by atoms with E-state index in [1.165, 1.54) is 23.0 Å². The number of carbonyl (C=O) groups is 1. The van der Waals surface area contributed by atoms with Crippen LogP contribution >= 0.6 is 11.8 Å². The summed E-state index contributed by atoms with van der Waals surface area (Å²) in [5.74, 6) is -0.345. The Morgan fingerprint density at radius 1 is 1.00 bits per heavy atom. The molecule has 0 heterocycles. The van der Waals surface area contributed by atoms with E-state index in [-0.39, 0.29) is 5.97 Å². The molecule has 2 aromatic carbocycles. The molecule has 0 aromatic heterocycles. The van der Waals surface area contributed by atoms with Gasteiger partial charge in [-0.3, -0.25) is 0 Å². The third-order valence-electron chi connectivity index (χ3n) is 2.47. The Morgan fingerprint density at radius 2 is 1.63 bits per heavy atom. The number of hydrogen-bond acceptors (Lipinski definition) is 3. The molecule has 0 bridgehead atoms. The largest absolute Gasteiger partial charge is 0.466 e. The van der Waals surface area contributed by atoms with Crippen LogP contribution in [0.15, 0.2) is 70.5 Å². The lowest BCUT2D eigenvalue weighted by Crippen LogP contribution is -1.93. The van der Waals surface area contributed by atoms with Gasteiger partial charge in [0, 0.05) is 15.9 Å². The van der Waals surface area contributed by atoms with E-state index in [0.29, 0.717) is 0 Å². The monoisotopic (exact) mass is 270 g/mol. The quantitative estimate of drug-likeness (QED) is 0.620. The maximum absolute atomic E-state index is 11.0. The van der Waals surface area contributed by atoms with Crippen molar-refractivity contribution in [3.8, 4) is 0 Å². The molecule has 0 saturated heterocycles. The Labute approximate surface area is 117 Å². The molecule has 0 saturated carbocycles. The zero-order chi connectivity index (χ0) is 13.5. The first-order chi connectivity index (χ1) is 9.28. The molecule has 2 aromatic rings. The fraction of sp³-hybridized carbons (Fsp3) is 0.0625. The van der Waals surface area contributed by atoms with Crippen molar-refractivity contribution in [2.45, 2.75) is 9.79 Å². The lowest BCUT2D eigenvalue weighted by Gasteiger charge is -2.01. The van der Waals surface area contributed by atoms with Crippen LogP contribution in [0, 0.1) is 0 Å². The first-order valence-electron chi connectivity index (χ1n) is 5.87. The lowest BCUT2D eigenvalue weighted by atomic mass is 10.2. The van der Waals surface area contributed by atoms with Gasteiger partial charge >= 0.3 is 5.97 Å². The molecule has 0 amide bonds. The third-order valence-corrected chi connectivity index (χ3v) is 3.49. The second-order valence-corrected chi connectivity index (χ2v) is 4.99. The highest BCUT2D eigenvalue weighted by molar-refractivity contribution is 7.99. The van der Waals surface area contributed by atoms with Gasteiger partial charge in [-0.1, -0.05) is 42.1 Å². The average Bonchev–Trinajstić information content (AvgIpc) is 2.47. The van der Waals surface area contributed by atoms with Crippen LogP contribution in [0.4, 0.5) is 0 Å². The van der Waals surface area contributed by atoms with E-state index in [4.69, 9.17) is 0 Å². The first-order valence-corrected chi connectivity index (χ1v) is 6.68. The number of esters is 1. The van der Waals surface area contributed by atoms with E-state index in [2.05, 4.69) is 16.9 Å². The molecule has 0 atom stereocenters. The van der Waals surface area contributed by atoms with E-state index < -0.39 is 0 Å². The number of benzene rings is 2. The second-order valence-electron chi connectivity index (χ2n) is 3.84. The molecule has 2 rings (SSSR count). The van der Waals surface area contributed by atoms with Crippen LogP contribution in [-0.2, 0) is 9.53 Å². The molecule has 96 valence electrons. The number of ether oxygens (including phenoxy) is 1. The highest BCUT2D eigenvalue weighted by Gasteiger charge is 1.97. The van der Waals surface area contributed by atoms with Crippen molar-refractivity contribution in [1.29, 1.82) is 0 Å². The van der Waals surface area contributed by atoms with Gasteiger partial charge in [-0.2, -0.15) is 0 Å². The van der Waals surface area contributed by atoms with Crippen LogP contribution < -0.4 is 0 Å². The van der Waals surface area contributed by atoms with E-state index in [1.807, 2.05) is 42.5 Å². The summed E-state index contributed by atoms with van der Waals surface area (Å²) in [5.41, 5.74) is 0.975. The van der Waals surface area contributed by atoms with Crippen molar-refractivity contribution in [2.75, 3.05) is 7.11 Å². The molecule has 0 aliphatic heterocycles. The smallest absolute Gasteiger partial charge is 0.330 e. The molecule has 2 nitrogen and oxygen atoms in total. The molecule has 0 radical (unpaired) electrons. The minimum absolute atomic E-state index is 0.345. The topological polar surface area (TPSA) is 26.3 Å². The standard InChI is InChI=1S/C16H14O2S/c1-18-16(17)12-9-13-7-10-15(11-8-13)19-14-5-3-2-4-6-14/h2-12H,1H3. The fourth-order valence-corrected chi connectivity index (χ4v) is 2.34. The third kappa shape index (κ3) is 4.30. The van der Waals surface area contributed by atoms with Crippen molar-refractivity contribution < 1.29 is 9.53 Å². The maximum Gasteiger partial charge on any atom is 0.330 e. The summed E-state index contributed by atoms with van der Waals surface area (Å²) < 4.78 is 4.54. The number of rotatable bonds is 4. The van der Waals surface area contributed by atoms with Crippen LogP contribution in [0.5, 0.6) is 0 Å². The van der Waals surface area contributed by atoms with Crippen LogP contribution in [0.2, 0.25) is 0 Å². The van der Waals surface area contributed by atoms with Crippen LogP contribution in [0.1, 0.15) is 5.56 Å². The summed E-state index contributed by atoms with van der Waals surface area (Å²) in [6, 6.07) is 18.2. The molecule has 0 aliphatic rings. The Bertz CT molecular complexity index is 559. The van der Waals surface area contributed by atoms with Gasteiger partial charge in [0.05, 0.1) is 7.11 Å². The molecule has 0 aliphatic carbocycles. The van der Waals surface area contributed by atoms with E-state index in [0.717, 1.165) is 5.56 Å². The Hall–Kier alpha value is -2.00. The fourth-order valence-electron chi connectivity index (χ4n) is 1.50. The minimum Gasteiger partial charge on any atom is -0.466 e. The molecule has 0 spiro atoms. The summed E-state index contributed by atoms with van der Waals surface area (Å²) in [4.78, 5) is 13.4. The van der Waals surface area contributed by atoms with Crippen LogP contribution in [-0.4, -0.2) is 13.1 Å². The number of carbonyl (C=O) groups excluding carboxylic acids is 1. The Balaban J connectivity index is 2.03. The normalized spacial score (nSPS) is 10.6. The van der Waals surface area contributed by atoms with Crippen LogP contribution in [0.3, 0.4) is 0 Å². The number of hydrogen-bond donors (Lipinski definition) is 0. The SMILES string of the molecule is COC(=O)C=Cc1ccc(Sc2ccccc2)cc1. The molecule has 19 heavy (non-hydrogen) atoms. The lowest BCUT2D eigenvalue weighted by molar-refractivity contribution is -0.134. The van der Waals surface area contributed by atoms with Crippen molar-refractivity contribution in [3.63, 3.8) is 0 Å². The van der Waals surface area contributed by atoms with E-state index >= 15 is 0 Å². The summed E-state index contributed by atoms with van der Waals surface area (Å²) in [5, 5.41) is 0. The molecular formula is C16H14O2S. The van der Waals surface area contributed by atoms with Gasteiger partial charge in [0.25, 0.3) is 0 Å². The van der Waals surface area contributed by atoms with Crippen molar-refractivity contribution in [3.05, 3.63) is 66.2 Å². The molecular weight excluding hydrogens is 256 g/mol. The minimum atomic E-state index is -0.345. The summed E-state index contributed by atoms with van der Waals surface area (Å²) in [6.45, 7) is 0. The van der Waals surface area contributed by atoms with E-state index in [1.54, 1.807) is 17.8 Å². The Kier molecular flexibility index (Phi) is 4.81. The van der Waals surface area contributed by atoms with Crippen molar-refractivity contribution in [2.24, 2.45) is 0 Å². The van der Waals surface area contributed by atoms with Crippen molar-refractivity contribution in [1.82, 2.24) is 0 Å². The molecule has 0 unspecified atom stereocenters. The average molecular weight is 270 g/mol. The molecule has 0 N–H and O–H groups in total. The van der Waals surface area contributed by atoms with E-state index in [9.17, 15) is 4.79 Å². The van der Waals surface area contributed by atoms with Gasteiger partial charge in [0.15, 0.2) is 0 Å². The predicted molar refractivity (Wildman–Crippen MR) is 78.1 cm³/mol.